The minimum atomic E-state index is -0.660. The lowest BCUT2D eigenvalue weighted by molar-refractivity contribution is -0.151. The topological polar surface area (TPSA) is 94.2 Å². The van der Waals surface area contributed by atoms with Gasteiger partial charge in [-0.25, -0.2) is 4.79 Å². The summed E-state index contributed by atoms with van der Waals surface area (Å²) >= 11 is 1.33. The smallest absolute Gasteiger partial charge is 0.329 e. The number of rotatable bonds is 5. The number of benzene rings is 1. The summed E-state index contributed by atoms with van der Waals surface area (Å²) < 4.78 is 16.1. The number of nitrogens with one attached hydrogen (secondary N) is 1. The summed E-state index contributed by atoms with van der Waals surface area (Å²) in [4.78, 5) is 39.3. The van der Waals surface area contributed by atoms with Crippen molar-refractivity contribution in [2.75, 3.05) is 31.7 Å². The van der Waals surface area contributed by atoms with Crippen molar-refractivity contribution in [3.8, 4) is 11.5 Å². The SMILES string of the molecule is O=C(COC(=O)[C@@H]1CCCN1C(=O)c1cccs1)Nc1ccc2c(c1)OCCO2. The van der Waals surface area contributed by atoms with Gasteiger partial charge in [-0.2, -0.15) is 0 Å². The number of fused-ring (bicyclic) bond motifs is 1. The Morgan fingerprint density at radius 2 is 2.00 bits per heavy atom. The highest BCUT2D eigenvalue weighted by molar-refractivity contribution is 7.12. The molecule has 1 aromatic heterocycles. The molecule has 2 amide bonds. The lowest BCUT2D eigenvalue weighted by atomic mass is 10.2. The molecule has 4 rings (SSSR count). The van der Waals surface area contributed by atoms with Crippen LogP contribution in [0.2, 0.25) is 0 Å². The number of amides is 2. The fourth-order valence-electron chi connectivity index (χ4n) is 3.35. The van der Waals surface area contributed by atoms with Crippen LogP contribution in [0.15, 0.2) is 35.7 Å². The highest BCUT2D eigenvalue weighted by atomic mass is 32.1. The summed E-state index contributed by atoms with van der Waals surface area (Å²) in [6.07, 6.45) is 1.25. The Hall–Kier alpha value is -3.07. The van der Waals surface area contributed by atoms with Crippen molar-refractivity contribution in [3.63, 3.8) is 0 Å². The molecule has 29 heavy (non-hydrogen) atoms. The van der Waals surface area contributed by atoms with Gasteiger partial charge >= 0.3 is 5.97 Å². The van der Waals surface area contributed by atoms with E-state index in [-0.39, 0.29) is 5.91 Å². The summed E-state index contributed by atoms with van der Waals surface area (Å²) in [7, 11) is 0. The van der Waals surface area contributed by atoms with Crippen LogP contribution in [0.25, 0.3) is 0 Å². The second-order valence-electron chi connectivity index (χ2n) is 6.65. The number of thiophene rings is 1. The van der Waals surface area contributed by atoms with Gasteiger partial charge in [0.1, 0.15) is 19.3 Å². The first-order chi connectivity index (χ1) is 14.1. The molecular formula is C20H20N2O6S. The highest BCUT2D eigenvalue weighted by Crippen LogP contribution is 2.32. The molecule has 3 heterocycles. The van der Waals surface area contributed by atoms with Crippen molar-refractivity contribution in [2.24, 2.45) is 0 Å². The highest BCUT2D eigenvalue weighted by Gasteiger charge is 2.36. The Bertz CT molecular complexity index is 914. The zero-order valence-electron chi connectivity index (χ0n) is 15.6. The van der Waals surface area contributed by atoms with Crippen molar-refractivity contribution in [2.45, 2.75) is 18.9 Å². The maximum atomic E-state index is 12.5. The van der Waals surface area contributed by atoms with Crippen molar-refractivity contribution < 1.29 is 28.6 Å². The molecule has 1 atom stereocenters. The number of esters is 1. The molecule has 2 aliphatic rings. The number of nitrogens with zero attached hydrogens (tertiary/aromatic N) is 1. The summed E-state index contributed by atoms with van der Waals surface area (Å²) in [5, 5.41) is 4.48. The van der Waals surface area contributed by atoms with Crippen LogP contribution in [-0.2, 0) is 14.3 Å². The van der Waals surface area contributed by atoms with Crippen molar-refractivity contribution in [1.29, 1.82) is 0 Å². The van der Waals surface area contributed by atoms with E-state index in [1.54, 1.807) is 30.3 Å². The van der Waals surface area contributed by atoms with Crippen LogP contribution in [-0.4, -0.2) is 55.1 Å². The normalized spacial score (nSPS) is 17.7. The largest absolute Gasteiger partial charge is 0.486 e. The van der Waals surface area contributed by atoms with Crippen LogP contribution in [0.5, 0.6) is 11.5 Å². The van der Waals surface area contributed by atoms with Crippen LogP contribution in [0, 0.1) is 0 Å². The predicted octanol–water partition coefficient (Wildman–Crippen LogP) is 2.31. The van der Waals surface area contributed by atoms with Gasteiger partial charge in [-0.3, -0.25) is 9.59 Å². The van der Waals surface area contributed by atoms with Gasteiger partial charge in [-0.05, 0) is 36.4 Å². The number of carbonyl (C=O) groups excluding carboxylic acids is 3. The molecule has 9 heteroatoms. The molecule has 0 bridgehead atoms. The van der Waals surface area contributed by atoms with Gasteiger partial charge < -0.3 is 24.4 Å². The molecule has 8 nitrogen and oxygen atoms in total. The predicted molar refractivity (Wildman–Crippen MR) is 105 cm³/mol. The van der Waals surface area contributed by atoms with Crippen LogP contribution >= 0.6 is 11.3 Å². The molecule has 2 aliphatic heterocycles. The van der Waals surface area contributed by atoms with E-state index in [0.29, 0.717) is 48.2 Å². The van der Waals surface area contributed by atoms with Gasteiger partial charge in [0.2, 0.25) is 0 Å². The molecule has 0 aliphatic carbocycles. The molecule has 0 unspecified atom stereocenters. The first kappa shape index (κ1) is 19.3. The molecule has 0 spiro atoms. The molecule has 0 saturated carbocycles. The van der Waals surface area contributed by atoms with E-state index < -0.39 is 24.5 Å². The molecule has 0 radical (unpaired) electrons. The van der Waals surface area contributed by atoms with E-state index in [4.69, 9.17) is 14.2 Å². The van der Waals surface area contributed by atoms with Crippen LogP contribution in [0.1, 0.15) is 22.5 Å². The quantitative estimate of drug-likeness (QED) is 0.752. The van der Waals surface area contributed by atoms with Crippen LogP contribution < -0.4 is 14.8 Å². The monoisotopic (exact) mass is 416 g/mol. The van der Waals surface area contributed by atoms with Crippen molar-refractivity contribution in [1.82, 2.24) is 4.90 Å². The fourth-order valence-corrected chi connectivity index (χ4v) is 4.03. The van der Waals surface area contributed by atoms with Gasteiger partial charge in [-0.1, -0.05) is 6.07 Å². The maximum absolute atomic E-state index is 12.5. The third-order valence-electron chi connectivity index (χ3n) is 4.69. The van der Waals surface area contributed by atoms with Crippen molar-refractivity contribution >= 4 is 34.8 Å². The molecule has 1 fully saturated rings. The Balaban J connectivity index is 1.31. The Morgan fingerprint density at radius 3 is 2.79 bits per heavy atom. The van der Waals surface area contributed by atoms with E-state index in [0.717, 1.165) is 6.42 Å². The summed E-state index contributed by atoms with van der Waals surface area (Å²) in [5.74, 6) is -0.0359. The summed E-state index contributed by atoms with van der Waals surface area (Å²) in [5.41, 5.74) is 0.519. The molecule has 1 saturated heterocycles. The lowest BCUT2D eigenvalue weighted by Gasteiger charge is -2.22. The number of ether oxygens (including phenoxy) is 3. The Morgan fingerprint density at radius 1 is 1.17 bits per heavy atom. The molecule has 1 aromatic carbocycles. The molecule has 1 N–H and O–H groups in total. The number of likely N-dealkylation sites (tertiary alicyclic amines) is 1. The average molecular weight is 416 g/mol. The van der Waals surface area contributed by atoms with E-state index >= 15 is 0 Å². The van der Waals surface area contributed by atoms with Gasteiger partial charge in [0.05, 0.1) is 4.88 Å². The fraction of sp³-hybridized carbons (Fsp3) is 0.350. The van der Waals surface area contributed by atoms with E-state index in [2.05, 4.69) is 5.32 Å². The third-order valence-corrected chi connectivity index (χ3v) is 5.55. The second-order valence-corrected chi connectivity index (χ2v) is 7.60. The number of anilines is 1. The number of carbonyl (C=O) groups is 3. The average Bonchev–Trinajstić information content (AvgIpc) is 3.43. The van der Waals surface area contributed by atoms with Crippen LogP contribution in [0.3, 0.4) is 0 Å². The maximum Gasteiger partial charge on any atom is 0.329 e. The molecular weight excluding hydrogens is 396 g/mol. The zero-order valence-corrected chi connectivity index (χ0v) is 16.4. The minimum Gasteiger partial charge on any atom is -0.486 e. The molecule has 152 valence electrons. The first-order valence-electron chi connectivity index (χ1n) is 9.32. The summed E-state index contributed by atoms with van der Waals surface area (Å²) in [6, 6.07) is 7.92. The first-order valence-corrected chi connectivity index (χ1v) is 10.2. The van der Waals surface area contributed by atoms with E-state index in [1.165, 1.54) is 16.2 Å². The van der Waals surface area contributed by atoms with E-state index in [9.17, 15) is 14.4 Å². The zero-order chi connectivity index (χ0) is 20.2. The Kier molecular flexibility index (Phi) is 5.66. The van der Waals surface area contributed by atoms with Crippen LogP contribution in [0.4, 0.5) is 5.69 Å². The van der Waals surface area contributed by atoms with Gasteiger partial charge in [-0.15, -0.1) is 11.3 Å². The van der Waals surface area contributed by atoms with Gasteiger partial charge in [0.25, 0.3) is 11.8 Å². The standard InChI is InChI=1S/C20H20N2O6S/c23-18(21-13-5-6-15-16(11-13)27-9-8-26-15)12-28-20(25)14-3-1-7-22(14)19(24)17-4-2-10-29-17/h2,4-6,10-11,14H,1,3,7-9,12H2,(H,21,23)/t14-/m0/s1. The van der Waals surface area contributed by atoms with Gasteiger partial charge in [0, 0.05) is 18.3 Å². The molecule has 2 aromatic rings. The Labute approximate surface area is 171 Å². The summed E-state index contributed by atoms with van der Waals surface area (Å²) in [6.45, 7) is 1.01. The minimum absolute atomic E-state index is 0.180. The number of hydrogen-bond acceptors (Lipinski definition) is 7. The number of hydrogen-bond donors (Lipinski definition) is 1. The third kappa shape index (κ3) is 4.34. The van der Waals surface area contributed by atoms with Gasteiger partial charge in [0.15, 0.2) is 18.1 Å². The second kappa shape index (κ2) is 8.52. The van der Waals surface area contributed by atoms with E-state index in [1.807, 2.05) is 5.38 Å². The van der Waals surface area contributed by atoms with Crippen molar-refractivity contribution in [3.05, 3.63) is 40.6 Å². The lowest BCUT2D eigenvalue weighted by Crippen LogP contribution is -2.41.